The van der Waals surface area contributed by atoms with Crippen LogP contribution in [0.5, 0.6) is 17.2 Å². The van der Waals surface area contributed by atoms with Gasteiger partial charge in [-0.25, -0.2) is 4.79 Å². The third kappa shape index (κ3) is 2.67. The average Bonchev–Trinajstić information content (AvgIpc) is 2.83. The molecule has 8 heteroatoms. The number of anilines is 1. The van der Waals surface area contributed by atoms with Crippen molar-refractivity contribution in [2.24, 2.45) is 0 Å². The van der Waals surface area contributed by atoms with Crippen molar-refractivity contribution in [3.63, 3.8) is 0 Å². The van der Waals surface area contributed by atoms with Crippen LogP contribution in [0, 0.1) is 0 Å². The molecule has 0 bridgehead atoms. The number of aliphatic carboxylic acids is 1. The van der Waals surface area contributed by atoms with Gasteiger partial charge in [-0.1, -0.05) is 0 Å². The first-order valence-electron chi connectivity index (χ1n) is 7.10. The highest BCUT2D eigenvalue weighted by molar-refractivity contribution is 9.09. The first-order chi connectivity index (χ1) is 10.9. The van der Waals surface area contributed by atoms with E-state index in [1.54, 1.807) is 19.2 Å². The standard InChI is InChI=1S/C15H17BrN2O5/c1-7(2)23-12-4-8-10(5-11(12)21-3)22-6-9-13(14(19)20)17-15(16)18(8)9/h4-5,7,15,17H,6H2,1-3H3,(H,19,20). The molecule has 0 fully saturated rings. The number of benzene rings is 1. The maximum Gasteiger partial charge on any atom is 0.354 e. The number of carbonyl (C=O) groups is 1. The number of rotatable bonds is 4. The minimum absolute atomic E-state index is 0.0208. The molecule has 0 radical (unpaired) electrons. The fourth-order valence-electron chi connectivity index (χ4n) is 2.60. The van der Waals surface area contributed by atoms with Gasteiger partial charge in [-0.3, -0.25) is 0 Å². The molecule has 0 spiro atoms. The summed E-state index contributed by atoms with van der Waals surface area (Å²) >= 11 is 3.45. The van der Waals surface area contributed by atoms with Gasteiger partial charge in [0.1, 0.15) is 18.1 Å². The first-order valence-corrected chi connectivity index (χ1v) is 8.01. The van der Waals surface area contributed by atoms with Crippen LogP contribution in [0.1, 0.15) is 13.8 Å². The SMILES string of the molecule is COc1cc2c(cc1OC(C)C)N1C(=C(C(=O)O)NC1Br)CO2. The second-order valence-corrected chi connectivity index (χ2v) is 6.27. The van der Waals surface area contributed by atoms with Crippen molar-refractivity contribution in [3.8, 4) is 17.2 Å². The molecule has 1 aromatic rings. The smallest absolute Gasteiger partial charge is 0.354 e. The minimum atomic E-state index is -1.02. The van der Waals surface area contributed by atoms with Gasteiger partial charge in [0.15, 0.2) is 16.6 Å². The molecule has 3 rings (SSSR count). The van der Waals surface area contributed by atoms with Crippen LogP contribution in [0.2, 0.25) is 0 Å². The topological polar surface area (TPSA) is 80.3 Å². The largest absolute Gasteiger partial charge is 0.493 e. The van der Waals surface area contributed by atoms with Gasteiger partial charge in [-0.15, -0.1) is 0 Å². The molecule has 0 aliphatic carbocycles. The molecule has 23 heavy (non-hydrogen) atoms. The van der Waals surface area contributed by atoms with E-state index in [2.05, 4.69) is 21.2 Å². The lowest BCUT2D eigenvalue weighted by Crippen LogP contribution is -2.35. The van der Waals surface area contributed by atoms with E-state index in [4.69, 9.17) is 14.2 Å². The number of fused-ring (bicyclic) bond motifs is 3. The molecule has 0 amide bonds. The Balaban J connectivity index is 2.09. The number of alkyl halides is 1. The summed E-state index contributed by atoms with van der Waals surface area (Å²) in [5.41, 5.74) is 1.40. The van der Waals surface area contributed by atoms with E-state index in [-0.39, 0.29) is 23.5 Å². The van der Waals surface area contributed by atoms with Crippen molar-refractivity contribution in [2.75, 3.05) is 18.6 Å². The van der Waals surface area contributed by atoms with Gasteiger partial charge < -0.3 is 29.5 Å². The molecular formula is C15H17BrN2O5. The Hall–Kier alpha value is -2.09. The second-order valence-electron chi connectivity index (χ2n) is 5.40. The molecule has 2 heterocycles. The number of hydrogen-bond acceptors (Lipinski definition) is 6. The molecule has 124 valence electrons. The van der Waals surface area contributed by atoms with Crippen molar-refractivity contribution in [3.05, 3.63) is 23.5 Å². The van der Waals surface area contributed by atoms with Crippen LogP contribution in [-0.4, -0.2) is 36.0 Å². The highest BCUT2D eigenvalue weighted by atomic mass is 79.9. The average molecular weight is 385 g/mol. The van der Waals surface area contributed by atoms with Crippen LogP contribution < -0.4 is 24.4 Å². The summed E-state index contributed by atoms with van der Waals surface area (Å²) in [6, 6.07) is 3.55. The second kappa shape index (κ2) is 5.84. The quantitative estimate of drug-likeness (QED) is 0.608. The Kier molecular flexibility index (Phi) is 4.01. The van der Waals surface area contributed by atoms with E-state index < -0.39 is 5.97 Å². The maximum atomic E-state index is 11.4. The van der Waals surface area contributed by atoms with Gasteiger partial charge in [0.05, 0.1) is 24.6 Å². The Morgan fingerprint density at radius 1 is 1.48 bits per heavy atom. The Labute approximate surface area is 141 Å². The van der Waals surface area contributed by atoms with E-state index in [1.807, 2.05) is 18.7 Å². The lowest BCUT2D eigenvalue weighted by Gasteiger charge is -2.32. The summed E-state index contributed by atoms with van der Waals surface area (Å²) in [5.74, 6) is 0.738. The number of methoxy groups -OCH3 is 1. The molecule has 0 saturated carbocycles. The first kappa shape index (κ1) is 15.8. The van der Waals surface area contributed by atoms with Crippen molar-refractivity contribution in [1.29, 1.82) is 0 Å². The van der Waals surface area contributed by atoms with Crippen LogP contribution in [0.4, 0.5) is 5.69 Å². The number of halogens is 1. The summed E-state index contributed by atoms with van der Waals surface area (Å²) in [7, 11) is 1.57. The van der Waals surface area contributed by atoms with E-state index in [9.17, 15) is 9.90 Å². The summed E-state index contributed by atoms with van der Waals surface area (Å²) in [5, 5.41) is 11.8. The van der Waals surface area contributed by atoms with Crippen molar-refractivity contribution < 1.29 is 24.1 Å². The number of ether oxygens (including phenoxy) is 3. The predicted molar refractivity (Wildman–Crippen MR) is 87.2 cm³/mol. The van der Waals surface area contributed by atoms with Gasteiger partial charge in [0.2, 0.25) is 0 Å². The number of nitrogens with one attached hydrogen (secondary N) is 1. The zero-order chi connectivity index (χ0) is 16.7. The minimum Gasteiger partial charge on any atom is -0.493 e. The van der Waals surface area contributed by atoms with Gasteiger partial charge in [0.25, 0.3) is 0 Å². The van der Waals surface area contributed by atoms with E-state index in [0.717, 1.165) is 0 Å². The molecule has 0 saturated heterocycles. The molecule has 2 aliphatic heterocycles. The monoisotopic (exact) mass is 384 g/mol. The van der Waals surface area contributed by atoms with E-state index in [0.29, 0.717) is 28.6 Å². The van der Waals surface area contributed by atoms with Crippen LogP contribution in [0.3, 0.4) is 0 Å². The Morgan fingerprint density at radius 2 is 2.22 bits per heavy atom. The molecule has 2 N–H and O–H groups in total. The van der Waals surface area contributed by atoms with Crippen molar-refractivity contribution >= 4 is 27.6 Å². The van der Waals surface area contributed by atoms with E-state index >= 15 is 0 Å². The molecule has 1 aromatic carbocycles. The third-order valence-corrected chi connectivity index (χ3v) is 4.15. The number of nitrogens with zero attached hydrogens (tertiary/aromatic N) is 1. The van der Waals surface area contributed by atoms with Crippen LogP contribution in [0.15, 0.2) is 23.5 Å². The fraction of sp³-hybridized carbons (Fsp3) is 0.400. The number of carboxylic acid groups (broad SMARTS) is 1. The number of carboxylic acids is 1. The van der Waals surface area contributed by atoms with E-state index in [1.165, 1.54) is 0 Å². The van der Waals surface area contributed by atoms with Crippen molar-refractivity contribution in [1.82, 2.24) is 5.32 Å². The fourth-order valence-corrected chi connectivity index (χ4v) is 3.30. The molecule has 2 aliphatic rings. The maximum absolute atomic E-state index is 11.4. The Morgan fingerprint density at radius 3 is 2.83 bits per heavy atom. The van der Waals surface area contributed by atoms with Crippen LogP contribution in [0.25, 0.3) is 0 Å². The highest BCUT2D eigenvalue weighted by Crippen LogP contribution is 2.46. The van der Waals surface area contributed by atoms with Crippen LogP contribution >= 0.6 is 15.9 Å². The van der Waals surface area contributed by atoms with Crippen LogP contribution in [-0.2, 0) is 4.79 Å². The lowest BCUT2D eigenvalue weighted by molar-refractivity contribution is -0.133. The summed E-state index contributed by atoms with van der Waals surface area (Å²) in [4.78, 5) is 13.2. The summed E-state index contributed by atoms with van der Waals surface area (Å²) in [6.07, 6.45) is -0.0208. The van der Waals surface area contributed by atoms with Gasteiger partial charge >= 0.3 is 5.97 Å². The zero-order valence-electron chi connectivity index (χ0n) is 12.9. The van der Waals surface area contributed by atoms with Crippen molar-refractivity contribution in [2.45, 2.75) is 25.0 Å². The molecule has 1 unspecified atom stereocenters. The normalized spacial score (nSPS) is 19.0. The molecular weight excluding hydrogens is 368 g/mol. The third-order valence-electron chi connectivity index (χ3n) is 3.52. The highest BCUT2D eigenvalue weighted by Gasteiger charge is 2.39. The Bertz CT molecular complexity index is 689. The summed E-state index contributed by atoms with van der Waals surface area (Å²) < 4.78 is 16.8. The lowest BCUT2D eigenvalue weighted by atomic mass is 10.2. The molecule has 0 aromatic heterocycles. The van der Waals surface area contributed by atoms with Gasteiger partial charge in [-0.2, -0.15) is 0 Å². The zero-order valence-corrected chi connectivity index (χ0v) is 14.5. The summed E-state index contributed by atoms with van der Waals surface area (Å²) in [6.45, 7) is 4.01. The number of hydrogen-bond donors (Lipinski definition) is 2. The van der Waals surface area contributed by atoms with Gasteiger partial charge in [-0.05, 0) is 29.8 Å². The molecule has 1 atom stereocenters. The molecule has 7 nitrogen and oxygen atoms in total. The predicted octanol–water partition coefficient (Wildman–Crippen LogP) is 2.26. The van der Waals surface area contributed by atoms with Gasteiger partial charge in [0, 0.05) is 12.1 Å².